The second kappa shape index (κ2) is 7.92. The van der Waals surface area contributed by atoms with Crippen LogP contribution in [0.25, 0.3) is 10.2 Å². The maximum atomic E-state index is 12.8. The van der Waals surface area contributed by atoms with Crippen LogP contribution in [0.4, 0.5) is 0 Å². The summed E-state index contributed by atoms with van der Waals surface area (Å²) in [7, 11) is 1.61. The molecule has 0 radical (unpaired) electrons. The zero-order valence-corrected chi connectivity index (χ0v) is 16.4. The second-order valence-electron chi connectivity index (χ2n) is 6.87. The van der Waals surface area contributed by atoms with Crippen molar-refractivity contribution in [1.29, 1.82) is 0 Å². The van der Waals surface area contributed by atoms with E-state index in [4.69, 9.17) is 4.74 Å². The number of rotatable bonds is 6. The van der Waals surface area contributed by atoms with Crippen molar-refractivity contribution in [3.63, 3.8) is 0 Å². The topological polar surface area (TPSA) is 70.3 Å². The van der Waals surface area contributed by atoms with Crippen molar-refractivity contribution in [1.82, 2.24) is 9.13 Å². The average molecular weight is 386 g/mol. The Morgan fingerprint density at radius 1 is 1.19 bits per heavy atom. The Morgan fingerprint density at radius 2 is 1.89 bits per heavy atom. The number of carbonyl (C=O) groups is 1. The highest BCUT2D eigenvalue weighted by Crippen LogP contribution is 2.22. The van der Waals surface area contributed by atoms with Gasteiger partial charge in [-0.3, -0.25) is 13.9 Å². The molecular weight excluding hydrogens is 364 g/mol. The van der Waals surface area contributed by atoms with E-state index in [-0.39, 0.29) is 6.54 Å². The normalized spacial score (nSPS) is 11.3. The highest BCUT2D eigenvalue weighted by molar-refractivity contribution is 7.20. The highest BCUT2D eigenvalue weighted by Gasteiger charge is 2.18. The highest BCUT2D eigenvalue weighted by atomic mass is 32.1. The van der Waals surface area contributed by atoms with Gasteiger partial charge < -0.3 is 4.74 Å². The molecule has 7 heteroatoms. The number of benzene rings is 1. The van der Waals surface area contributed by atoms with Crippen molar-refractivity contribution >= 4 is 27.5 Å². The van der Waals surface area contributed by atoms with Crippen molar-refractivity contribution in [2.24, 2.45) is 13.0 Å². The minimum atomic E-state index is -0.460. The van der Waals surface area contributed by atoms with Gasteiger partial charge in [-0.05, 0) is 24.0 Å². The Hall–Kier alpha value is -2.67. The second-order valence-corrected chi connectivity index (χ2v) is 7.90. The number of carbonyl (C=O) groups excluding carboxylic acids is 1. The summed E-state index contributed by atoms with van der Waals surface area (Å²) in [5, 5.41) is 0.355. The van der Waals surface area contributed by atoms with Crippen LogP contribution in [0.2, 0.25) is 0 Å². The third-order valence-corrected chi connectivity index (χ3v) is 5.52. The van der Waals surface area contributed by atoms with E-state index in [1.54, 1.807) is 7.05 Å². The van der Waals surface area contributed by atoms with E-state index in [0.717, 1.165) is 23.3 Å². The van der Waals surface area contributed by atoms with Gasteiger partial charge in [0.1, 0.15) is 9.71 Å². The van der Waals surface area contributed by atoms with E-state index in [9.17, 15) is 14.4 Å². The van der Waals surface area contributed by atoms with Gasteiger partial charge in [0.25, 0.3) is 5.56 Å². The van der Waals surface area contributed by atoms with Crippen molar-refractivity contribution in [2.75, 3.05) is 6.61 Å². The molecule has 6 nitrogen and oxygen atoms in total. The third kappa shape index (κ3) is 4.03. The number of nitrogens with zero attached hydrogens (tertiary/aromatic N) is 2. The monoisotopic (exact) mass is 386 g/mol. The van der Waals surface area contributed by atoms with Gasteiger partial charge in [0.05, 0.1) is 18.5 Å². The molecule has 2 heterocycles. The summed E-state index contributed by atoms with van der Waals surface area (Å²) in [4.78, 5) is 38.6. The molecule has 0 aliphatic heterocycles. The summed E-state index contributed by atoms with van der Waals surface area (Å²) in [6, 6.07) is 10.9. The van der Waals surface area contributed by atoms with Gasteiger partial charge in [0.2, 0.25) is 0 Å². The molecule has 1 aromatic carbocycles. The first-order valence-electron chi connectivity index (χ1n) is 8.83. The van der Waals surface area contributed by atoms with E-state index in [1.807, 2.05) is 30.3 Å². The standard InChI is InChI=1S/C20H22N2O4S/c1-13(2)9-10-26-19(24)16-11-15-17(23)22(12-14-7-5-4-6-8-14)20(25)21(3)18(15)27-16/h4-8,11,13H,9-10,12H2,1-3H3. The van der Waals surface area contributed by atoms with Gasteiger partial charge in [-0.1, -0.05) is 44.2 Å². The lowest BCUT2D eigenvalue weighted by molar-refractivity contribution is 0.0494. The molecule has 0 saturated heterocycles. The first-order chi connectivity index (χ1) is 12.9. The predicted molar refractivity (Wildman–Crippen MR) is 107 cm³/mol. The van der Waals surface area contributed by atoms with Gasteiger partial charge in [0, 0.05) is 7.05 Å². The molecule has 0 unspecified atom stereocenters. The number of hydrogen-bond acceptors (Lipinski definition) is 5. The van der Waals surface area contributed by atoms with E-state index in [2.05, 4.69) is 13.8 Å². The maximum absolute atomic E-state index is 12.8. The lowest BCUT2D eigenvalue weighted by Gasteiger charge is -2.08. The quantitative estimate of drug-likeness (QED) is 0.611. The molecule has 142 valence electrons. The molecule has 0 amide bonds. The lowest BCUT2D eigenvalue weighted by Crippen LogP contribution is -2.38. The molecule has 27 heavy (non-hydrogen) atoms. The van der Waals surface area contributed by atoms with Gasteiger partial charge in [0.15, 0.2) is 0 Å². The molecule has 0 spiro atoms. The number of ether oxygens (including phenoxy) is 1. The maximum Gasteiger partial charge on any atom is 0.348 e. The summed E-state index contributed by atoms with van der Waals surface area (Å²) in [5.41, 5.74) is 0.0620. The molecule has 0 bridgehead atoms. The molecule has 0 N–H and O–H groups in total. The fraction of sp³-hybridized carbons (Fsp3) is 0.350. The molecule has 0 atom stereocenters. The number of aromatic nitrogens is 2. The smallest absolute Gasteiger partial charge is 0.348 e. The van der Waals surface area contributed by atoms with Gasteiger partial charge in [-0.25, -0.2) is 9.59 Å². The Labute approximate surface area is 160 Å². The van der Waals surface area contributed by atoms with Crippen LogP contribution in [0.15, 0.2) is 46.0 Å². The minimum Gasteiger partial charge on any atom is -0.461 e. The summed E-state index contributed by atoms with van der Waals surface area (Å²) < 4.78 is 7.88. The van der Waals surface area contributed by atoms with Crippen molar-refractivity contribution in [3.05, 3.63) is 67.7 Å². The van der Waals surface area contributed by atoms with Crippen LogP contribution in [0.1, 0.15) is 35.5 Å². The van der Waals surface area contributed by atoms with Crippen molar-refractivity contribution in [3.8, 4) is 0 Å². The Balaban J connectivity index is 1.98. The molecule has 2 aromatic heterocycles. The van der Waals surface area contributed by atoms with Crippen LogP contribution in [0.5, 0.6) is 0 Å². The van der Waals surface area contributed by atoms with Gasteiger partial charge in [-0.15, -0.1) is 11.3 Å². The van der Waals surface area contributed by atoms with Crippen LogP contribution >= 0.6 is 11.3 Å². The number of thiophene rings is 1. The number of esters is 1. The summed E-state index contributed by atoms with van der Waals surface area (Å²) in [5.74, 6) is -0.0236. The zero-order chi connectivity index (χ0) is 19.6. The van der Waals surface area contributed by atoms with Crippen LogP contribution in [0.3, 0.4) is 0 Å². The van der Waals surface area contributed by atoms with Crippen molar-refractivity contribution in [2.45, 2.75) is 26.8 Å². The lowest BCUT2D eigenvalue weighted by atomic mass is 10.1. The fourth-order valence-electron chi connectivity index (χ4n) is 2.75. The number of hydrogen-bond donors (Lipinski definition) is 0. The van der Waals surface area contributed by atoms with Gasteiger partial charge >= 0.3 is 11.7 Å². The van der Waals surface area contributed by atoms with Crippen LogP contribution in [-0.4, -0.2) is 21.7 Å². The van der Waals surface area contributed by atoms with Crippen LogP contribution in [0, 0.1) is 5.92 Å². The third-order valence-electron chi connectivity index (χ3n) is 4.32. The first kappa shape index (κ1) is 19.1. The Morgan fingerprint density at radius 3 is 2.56 bits per heavy atom. The SMILES string of the molecule is CC(C)CCOC(=O)c1cc2c(=O)n(Cc3ccccc3)c(=O)n(C)c2s1. The number of fused-ring (bicyclic) bond motifs is 1. The Kier molecular flexibility index (Phi) is 5.60. The summed E-state index contributed by atoms with van der Waals surface area (Å²) in [6.07, 6.45) is 0.777. The van der Waals surface area contributed by atoms with E-state index in [1.165, 1.54) is 15.2 Å². The molecule has 0 fully saturated rings. The largest absolute Gasteiger partial charge is 0.461 e. The van der Waals surface area contributed by atoms with E-state index < -0.39 is 17.2 Å². The predicted octanol–water partition coefficient (Wildman–Crippen LogP) is 3.01. The van der Waals surface area contributed by atoms with Gasteiger partial charge in [-0.2, -0.15) is 0 Å². The van der Waals surface area contributed by atoms with Crippen LogP contribution in [-0.2, 0) is 18.3 Å². The van der Waals surface area contributed by atoms with Crippen molar-refractivity contribution < 1.29 is 9.53 Å². The molecule has 0 aliphatic carbocycles. The minimum absolute atomic E-state index is 0.187. The van der Waals surface area contributed by atoms with E-state index in [0.29, 0.717) is 27.6 Å². The zero-order valence-electron chi connectivity index (χ0n) is 15.6. The first-order valence-corrected chi connectivity index (χ1v) is 9.64. The molecule has 0 saturated carbocycles. The molecule has 3 aromatic rings. The molecular formula is C20H22N2O4S. The average Bonchev–Trinajstić information content (AvgIpc) is 3.10. The fourth-order valence-corrected chi connectivity index (χ4v) is 3.75. The molecule has 3 rings (SSSR count). The summed E-state index contributed by atoms with van der Waals surface area (Å²) in [6.45, 7) is 4.63. The Bertz CT molecular complexity index is 1080. The van der Waals surface area contributed by atoms with E-state index >= 15 is 0 Å². The molecule has 0 aliphatic rings. The summed E-state index contributed by atoms with van der Waals surface area (Å²) >= 11 is 1.11. The number of aryl methyl sites for hydroxylation is 1. The van der Waals surface area contributed by atoms with Crippen LogP contribution < -0.4 is 11.2 Å².